The Kier molecular flexibility index (Phi) is 9.10. The van der Waals surface area contributed by atoms with Gasteiger partial charge in [-0.2, -0.15) is 4.68 Å². The van der Waals surface area contributed by atoms with Crippen molar-refractivity contribution in [2.24, 2.45) is 0 Å². The van der Waals surface area contributed by atoms with Gasteiger partial charge >= 0.3 is 17.8 Å². The number of rotatable bonds is 10. The molecule has 0 aliphatic carbocycles. The van der Waals surface area contributed by atoms with Crippen LogP contribution >= 0.6 is 11.6 Å². The Labute approximate surface area is 241 Å². The summed E-state index contributed by atoms with van der Waals surface area (Å²) in [7, 11) is 1.38. The van der Waals surface area contributed by atoms with Crippen LogP contribution in [0.25, 0.3) is 11.5 Å². The second-order valence-electron chi connectivity index (χ2n) is 9.72. The van der Waals surface area contributed by atoms with Gasteiger partial charge in [0.25, 0.3) is 5.89 Å². The topological polar surface area (TPSA) is 134 Å². The average Bonchev–Trinajstić information content (AvgIpc) is 3.62. The van der Waals surface area contributed by atoms with Crippen LogP contribution in [0, 0.1) is 0 Å². The second kappa shape index (κ2) is 13.1. The largest absolute Gasteiger partial charge is 0.485 e. The maximum Gasteiger partial charge on any atom is 0.437 e. The molecule has 0 bridgehead atoms. The van der Waals surface area contributed by atoms with Crippen molar-refractivity contribution in [1.82, 2.24) is 14.7 Å². The normalized spacial score (nSPS) is 16.4. The molecule has 0 spiro atoms. The molecule has 1 atom stereocenters. The predicted molar refractivity (Wildman–Crippen MR) is 148 cm³/mol. The summed E-state index contributed by atoms with van der Waals surface area (Å²) < 4.78 is 28.6. The molecule has 1 N–H and O–H groups in total. The Morgan fingerprint density at radius 3 is 2.71 bits per heavy atom. The number of benzene rings is 2. The van der Waals surface area contributed by atoms with E-state index in [1.165, 1.54) is 17.9 Å². The smallest absolute Gasteiger partial charge is 0.437 e. The van der Waals surface area contributed by atoms with Crippen molar-refractivity contribution in [3.63, 3.8) is 0 Å². The first kappa shape index (κ1) is 28.5. The minimum atomic E-state index is -0.716. The van der Waals surface area contributed by atoms with Crippen molar-refractivity contribution in [2.75, 3.05) is 45.3 Å². The van der Waals surface area contributed by atoms with Crippen molar-refractivity contribution >= 4 is 29.4 Å². The number of ether oxygens (including phenoxy) is 4. The van der Waals surface area contributed by atoms with E-state index in [0.29, 0.717) is 18.5 Å². The van der Waals surface area contributed by atoms with Crippen LogP contribution in [0.3, 0.4) is 0 Å². The molecule has 13 heteroatoms. The van der Waals surface area contributed by atoms with Gasteiger partial charge in [-0.05, 0) is 37.4 Å². The van der Waals surface area contributed by atoms with E-state index in [1.807, 2.05) is 30.3 Å². The lowest BCUT2D eigenvalue weighted by Gasteiger charge is -2.23. The van der Waals surface area contributed by atoms with Crippen LogP contribution in [0.15, 0.2) is 45.6 Å². The Hall–Kier alpha value is -4.03. The van der Waals surface area contributed by atoms with Gasteiger partial charge in [0.05, 0.1) is 23.7 Å². The number of hydrogen-bond donors (Lipinski definition) is 1. The number of nitrogens with one attached hydrogen (secondary N) is 1. The number of halogens is 1. The summed E-state index contributed by atoms with van der Waals surface area (Å²) in [6.07, 6.45) is 2.00. The molecule has 5 rings (SSSR count). The summed E-state index contributed by atoms with van der Waals surface area (Å²) in [4.78, 5) is 38.9. The first-order valence-corrected chi connectivity index (χ1v) is 13.8. The SMILES string of the molecule is COC(=O)CCCCN1CC[C@H](n2nc(-c3cc(Cl)c(NC(=O)OCc4ccccc4)c4c3OCCO4)oc2=O)C1. The Morgan fingerprint density at radius 1 is 1.15 bits per heavy atom. The molecular formula is C28H31ClN4O8. The molecule has 2 aliphatic rings. The average molecular weight is 587 g/mol. The Balaban J connectivity index is 1.29. The lowest BCUT2D eigenvalue weighted by atomic mass is 10.1. The van der Waals surface area contributed by atoms with Crippen molar-refractivity contribution in [3.05, 3.63) is 57.5 Å². The molecule has 1 fully saturated rings. The number of amides is 1. The standard InChI is InChI=1S/C28H31ClN4O8/c1-37-22(34)9-5-6-11-32-12-10-19(16-32)33-28(36)41-26(31-33)20-15-21(29)23(25-24(20)38-13-14-39-25)30-27(35)40-17-18-7-3-2-4-8-18/h2-4,7-8,15,19H,5-6,9-14,16-17H2,1H3,(H,30,35)/t19-/m0/s1. The molecule has 41 heavy (non-hydrogen) atoms. The first-order chi connectivity index (χ1) is 19.9. The number of carbonyl (C=O) groups excluding carboxylic acids is 2. The van der Waals surface area contributed by atoms with E-state index in [2.05, 4.69) is 20.1 Å². The number of carbonyl (C=O) groups is 2. The third-order valence-corrected chi connectivity index (χ3v) is 7.23. The fourth-order valence-electron chi connectivity index (χ4n) is 4.86. The lowest BCUT2D eigenvalue weighted by molar-refractivity contribution is -0.140. The van der Waals surface area contributed by atoms with Crippen LogP contribution in [0.5, 0.6) is 11.5 Å². The summed E-state index contributed by atoms with van der Waals surface area (Å²) >= 11 is 6.56. The van der Waals surface area contributed by atoms with Gasteiger partial charge in [0, 0.05) is 19.5 Å². The molecule has 2 aromatic carbocycles. The number of hydrogen-bond acceptors (Lipinski definition) is 10. The van der Waals surface area contributed by atoms with E-state index in [1.54, 1.807) is 0 Å². The number of fused-ring (bicyclic) bond motifs is 1. The summed E-state index contributed by atoms with van der Waals surface area (Å²) in [6, 6.07) is 10.6. The number of unbranched alkanes of at least 4 members (excludes halogenated alkanes) is 1. The van der Waals surface area contributed by atoms with Crippen LogP contribution in [0.2, 0.25) is 5.02 Å². The summed E-state index contributed by atoms with van der Waals surface area (Å²) in [6.45, 7) is 2.81. The Morgan fingerprint density at radius 2 is 1.93 bits per heavy atom. The van der Waals surface area contributed by atoms with Gasteiger partial charge < -0.3 is 28.3 Å². The van der Waals surface area contributed by atoms with Gasteiger partial charge in [0.2, 0.25) is 0 Å². The molecule has 12 nitrogen and oxygen atoms in total. The van der Waals surface area contributed by atoms with Gasteiger partial charge in [-0.15, -0.1) is 5.10 Å². The van der Waals surface area contributed by atoms with Crippen molar-refractivity contribution in [1.29, 1.82) is 0 Å². The zero-order valence-electron chi connectivity index (χ0n) is 22.6. The highest BCUT2D eigenvalue weighted by Gasteiger charge is 2.31. The summed E-state index contributed by atoms with van der Waals surface area (Å²) in [5.74, 6) is -0.314. The number of anilines is 1. The van der Waals surface area contributed by atoms with E-state index in [9.17, 15) is 14.4 Å². The highest BCUT2D eigenvalue weighted by molar-refractivity contribution is 6.34. The van der Waals surface area contributed by atoms with Crippen molar-refractivity contribution < 1.29 is 33.0 Å². The van der Waals surface area contributed by atoms with Crippen LogP contribution in [-0.2, 0) is 20.9 Å². The van der Waals surface area contributed by atoms with E-state index in [-0.39, 0.29) is 59.9 Å². The van der Waals surface area contributed by atoms with E-state index < -0.39 is 11.8 Å². The third-order valence-electron chi connectivity index (χ3n) is 6.93. The van der Waals surface area contributed by atoms with Crippen LogP contribution in [-0.4, -0.2) is 66.7 Å². The van der Waals surface area contributed by atoms with Crippen LogP contribution < -0.4 is 20.5 Å². The van der Waals surface area contributed by atoms with Gasteiger partial charge in [0.1, 0.15) is 25.5 Å². The van der Waals surface area contributed by atoms with E-state index in [4.69, 9.17) is 30.2 Å². The number of aromatic nitrogens is 2. The molecule has 3 aromatic rings. The molecule has 0 radical (unpaired) electrons. The molecule has 1 saturated heterocycles. The minimum Gasteiger partial charge on any atom is -0.485 e. The highest BCUT2D eigenvalue weighted by atomic mass is 35.5. The molecule has 2 aliphatic heterocycles. The quantitative estimate of drug-likeness (QED) is 0.271. The molecule has 1 amide bonds. The van der Waals surface area contributed by atoms with Crippen molar-refractivity contribution in [3.8, 4) is 23.0 Å². The fourth-order valence-corrected chi connectivity index (χ4v) is 5.11. The fraction of sp³-hybridized carbons (Fsp3) is 0.429. The molecule has 1 aromatic heterocycles. The molecule has 0 saturated carbocycles. The number of methoxy groups -OCH3 is 1. The second-order valence-corrected chi connectivity index (χ2v) is 10.1. The van der Waals surface area contributed by atoms with E-state index in [0.717, 1.165) is 37.9 Å². The van der Waals surface area contributed by atoms with Crippen LogP contribution in [0.1, 0.15) is 37.3 Å². The minimum absolute atomic E-state index is 0.0355. The summed E-state index contributed by atoms with van der Waals surface area (Å²) in [5, 5.41) is 7.25. The number of likely N-dealkylation sites (tertiary alicyclic amines) is 1. The molecular weight excluding hydrogens is 556 g/mol. The van der Waals surface area contributed by atoms with Gasteiger partial charge in [0.15, 0.2) is 11.5 Å². The third kappa shape index (κ3) is 6.83. The van der Waals surface area contributed by atoms with Gasteiger partial charge in [-0.3, -0.25) is 10.1 Å². The monoisotopic (exact) mass is 586 g/mol. The highest BCUT2D eigenvalue weighted by Crippen LogP contribution is 2.48. The maximum atomic E-state index is 12.8. The Bertz CT molecular complexity index is 1440. The number of nitrogens with zero attached hydrogens (tertiary/aromatic N) is 3. The maximum absolute atomic E-state index is 12.8. The number of esters is 1. The zero-order valence-corrected chi connectivity index (χ0v) is 23.4. The lowest BCUT2D eigenvalue weighted by Crippen LogP contribution is -2.27. The van der Waals surface area contributed by atoms with Gasteiger partial charge in [-0.25, -0.2) is 9.59 Å². The molecule has 218 valence electrons. The van der Waals surface area contributed by atoms with Crippen molar-refractivity contribution in [2.45, 2.75) is 38.3 Å². The molecule has 0 unspecified atom stereocenters. The van der Waals surface area contributed by atoms with Gasteiger partial charge in [-0.1, -0.05) is 41.9 Å². The van der Waals surface area contributed by atoms with E-state index >= 15 is 0 Å². The van der Waals surface area contributed by atoms with Crippen LogP contribution in [0.4, 0.5) is 10.5 Å². The first-order valence-electron chi connectivity index (χ1n) is 13.4. The summed E-state index contributed by atoms with van der Waals surface area (Å²) in [5.41, 5.74) is 1.35. The predicted octanol–water partition coefficient (Wildman–Crippen LogP) is 4.27. The zero-order chi connectivity index (χ0) is 28.8. The molecule has 3 heterocycles.